The van der Waals surface area contributed by atoms with Crippen molar-refractivity contribution < 1.29 is 22.3 Å². The predicted molar refractivity (Wildman–Crippen MR) is 54.8 cm³/mol. The molecule has 3 nitrogen and oxygen atoms in total. The molecule has 1 aromatic heterocycles. The highest BCUT2D eigenvalue weighted by Crippen LogP contribution is 2.21. The fourth-order valence-corrected chi connectivity index (χ4v) is 1.39. The molecule has 0 aromatic carbocycles. The van der Waals surface area contributed by atoms with Gasteiger partial charge in [0.15, 0.2) is 4.67 Å². The lowest BCUT2D eigenvalue weighted by Crippen LogP contribution is -2.19. The maximum atomic E-state index is 11.7. The van der Waals surface area contributed by atoms with Crippen molar-refractivity contribution in [3.05, 3.63) is 22.6 Å². The van der Waals surface area contributed by atoms with Gasteiger partial charge in [0, 0.05) is 6.61 Å². The fourth-order valence-electron chi connectivity index (χ4n) is 1.07. The highest BCUT2D eigenvalue weighted by Gasteiger charge is 2.27. The molecule has 92 valence electrons. The van der Waals surface area contributed by atoms with Crippen LogP contribution in [0.1, 0.15) is 18.2 Å². The molecule has 2 N–H and O–H groups in total. The molecule has 1 unspecified atom stereocenters. The minimum Gasteiger partial charge on any atom is -0.453 e. The molecule has 1 heterocycles. The fraction of sp³-hybridized carbons (Fsp3) is 0.556. The van der Waals surface area contributed by atoms with Crippen molar-refractivity contribution >= 4 is 15.9 Å². The number of ether oxygens (including phenoxy) is 1. The van der Waals surface area contributed by atoms with Crippen molar-refractivity contribution in [3.8, 4) is 0 Å². The normalized spacial score (nSPS) is 14.1. The predicted octanol–water partition coefficient (Wildman–Crippen LogP) is 3.01. The Labute approximate surface area is 98.9 Å². The van der Waals surface area contributed by atoms with Gasteiger partial charge in [0.2, 0.25) is 0 Å². The molecule has 0 saturated carbocycles. The Morgan fingerprint density at radius 1 is 1.44 bits per heavy atom. The van der Waals surface area contributed by atoms with Gasteiger partial charge in [0.25, 0.3) is 0 Å². The summed E-state index contributed by atoms with van der Waals surface area (Å²) in [6.45, 7) is -1.30. The molecule has 0 amide bonds. The van der Waals surface area contributed by atoms with Crippen molar-refractivity contribution in [2.45, 2.75) is 18.6 Å². The van der Waals surface area contributed by atoms with Gasteiger partial charge in [-0.05, 0) is 34.5 Å². The topological polar surface area (TPSA) is 48.4 Å². The molecule has 0 bridgehead atoms. The van der Waals surface area contributed by atoms with E-state index in [9.17, 15) is 13.2 Å². The third kappa shape index (κ3) is 5.00. The Bertz CT molecular complexity index is 327. The molecule has 7 heteroatoms. The van der Waals surface area contributed by atoms with Crippen molar-refractivity contribution in [2.75, 3.05) is 13.2 Å². The summed E-state index contributed by atoms with van der Waals surface area (Å²) >= 11 is 3.11. The maximum absolute atomic E-state index is 11.7. The quantitative estimate of drug-likeness (QED) is 0.851. The Balaban J connectivity index is 2.23. The number of hydrogen-bond donors (Lipinski definition) is 1. The van der Waals surface area contributed by atoms with E-state index >= 15 is 0 Å². The van der Waals surface area contributed by atoms with Crippen LogP contribution in [0.3, 0.4) is 0 Å². The number of alkyl halides is 3. The minimum atomic E-state index is -4.29. The molecule has 0 aliphatic heterocycles. The first-order valence-corrected chi connectivity index (χ1v) is 5.33. The van der Waals surface area contributed by atoms with Crippen LogP contribution in [0, 0.1) is 0 Å². The van der Waals surface area contributed by atoms with E-state index in [4.69, 9.17) is 10.2 Å². The van der Waals surface area contributed by atoms with Crippen molar-refractivity contribution in [1.29, 1.82) is 0 Å². The summed E-state index contributed by atoms with van der Waals surface area (Å²) in [6, 6.07) is 2.88. The molecular weight excluding hydrogens is 291 g/mol. The van der Waals surface area contributed by atoms with E-state index in [2.05, 4.69) is 20.7 Å². The summed E-state index contributed by atoms with van der Waals surface area (Å²) in [5.74, 6) is 0.516. The Kier molecular flexibility index (Phi) is 4.82. The van der Waals surface area contributed by atoms with Crippen LogP contribution in [0.25, 0.3) is 0 Å². The monoisotopic (exact) mass is 301 g/mol. The van der Waals surface area contributed by atoms with Gasteiger partial charge in [0.05, 0.1) is 6.04 Å². The molecule has 0 saturated heterocycles. The first kappa shape index (κ1) is 13.5. The molecule has 0 spiro atoms. The van der Waals surface area contributed by atoms with E-state index in [1.165, 1.54) is 0 Å². The number of nitrogens with two attached hydrogens (primary N) is 1. The summed E-state index contributed by atoms with van der Waals surface area (Å²) in [5.41, 5.74) is 5.68. The van der Waals surface area contributed by atoms with Gasteiger partial charge < -0.3 is 14.9 Å². The van der Waals surface area contributed by atoms with Crippen LogP contribution >= 0.6 is 15.9 Å². The second-order valence-corrected chi connectivity index (χ2v) is 3.99. The molecule has 0 fully saturated rings. The summed E-state index contributed by atoms with van der Waals surface area (Å²) in [7, 11) is 0. The van der Waals surface area contributed by atoms with Crippen LogP contribution in [-0.4, -0.2) is 19.4 Å². The first-order chi connectivity index (χ1) is 7.38. The van der Waals surface area contributed by atoms with Crippen molar-refractivity contribution in [1.82, 2.24) is 0 Å². The van der Waals surface area contributed by atoms with Gasteiger partial charge >= 0.3 is 6.18 Å². The molecule has 0 aliphatic carbocycles. The first-order valence-electron chi connectivity index (χ1n) is 4.54. The lowest BCUT2D eigenvalue weighted by atomic mass is 10.2. The van der Waals surface area contributed by atoms with E-state index in [-0.39, 0.29) is 13.0 Å². The van der Waals surface area contributed by atoms with Gasteiger partial charge in [-0.3, -0.25) is 0 Å². The molecule has 0 aliphatic rings. The highest BCUT2D eigenvalue weighted by atomic mass is 79.9. The lowest BCUT2D eigenvalue weighted by Gasteiger charge is -2.10. The smallest absolute Gasteiger partial charge is 0.411 e. The van der Waals surface area contributed by atoms with E-state index in [1.807, 2.05) is 0 Å². The van der Waals surface area contributed by atoms with E-state index in [1.54, 1.807) is 12.1 Å². The zero-order chi connectivity index (χ0) is 12.2. The number of rotatable bonds is 5. The van der Waals surface area contributed by atoms with Gasteiger partial charge in [-0.2, -0.15) is 13.2 Å². The third-order valence-corrected chi connectivity index (χ3v) is 2.22. The van der Waals surface area contributed by atoms with E-state index in [0.717, 1.165) is 0 Å². The second kappa shape index (κ2) is 5.70. The number of hydrogen-bond acceptors (Lipinski definition) is 3. The zero-order valence-corrected chi connectivity index (χ0v) is 9.85. The standard InChI is InChI=1S/C9H11BrF3NO2/c10-8-2-1-7(16-8)6(14)3-4-15-5-9(11,12)13/h1-2,6H,3-5,14H2. The number of halogens is 4. The van der Waals surface area contributed by atoms with Crippen molar-refractivity contribution in [2.24, 2.45) is 5.73 Å². The summed E-state index contributed by atoms with van der Waals surface area (Å²) in [5, 5.41) is 0. The van der Waals surface area contributed by atoms with E-state index < -0.39 is 18.8 Å². The molecule has 1 rings (SSSR count). The van der Waals surface area contributed by atoms with Crippen LogP contribution in [-0.2, 0) is 4.74 Å². The zero-order valence-electron chi connectivity index (χ0n) is 8.26. The third-order valence-electron chi connectivity index (χ3n) is 1.80. The highest BCUT2D eigenvalue weighted by molar-refractivity contribution is 9.10. The van der Waals surface area contributed by atoms with Crippen LogP contribution < -0.4 is 5.73 Å². The summed E-state index contributed by atoms with van der Waals surface area (Å²) < 4.78 is 45.3. The van der Waals surface area contributed by atoms with Gasteiger partial charge in [-0.1, -0.05) is 0 Å². The Morgan fingerprint density at radius 2 is 2.12 bits per heavy atom. The van der Waals surface area contributed by atoms with E-state index in [0.29, 0.717) is 10.4 Å². The minimum absolute atomic E-state index is 0.0566. The van der Waals surface area contributed by atoms with Gasteiger partial charge in [-0.25, -0.2) is 0 Å². The summed E-state index contributed by atoms with van der Waals surface area (Å²) in [6.07, 6.45) is -4.02. The molecule has 0 radical (unpaired) electrons. The van der Waals surface area contributed by atoms with Crippen molar-refractivity contribution in [3.63, 3.8) is 0 Å². The van der Waals surface area contributed by atoms with Crippen LogP contribution in [0.15, 0.2) is 21.2 Å². The average Bonchev–Trinajstić information content (AvgIpc) is 2.57. The Hall–Kier alpha value is -0.530. The summed E-state index contributed by atoms with van der Waals surface area (Å²) in [4.78, 5) is 0. The second-order valence-electron chi connectivity index (χ2n) is 3.20. The van der Waals surface area contributed by atoms with Gasteiger partial charge in [-0.15, -0.1) is 0 Å². The molecule has 16 heavy (non-hydrogen) atoms. The van der Waals surface area contributed by atoms with Crippen LogP contribution in [0.2, 0.25) is 0 Å². The van der Waals surface area contributed by atoms with Crippen LogP contribution in [0.4, 0.5) is 13.2 Å². The lowest BCUT2D eigenvalue weighted by molar-refractivity contribution is -0.174. The average molecular weight is 302 g/mol. The van der Waals surface area contributed by atoms with Gasteiger partial charge in [0.1, 0.15) is 12.4 Å². The number of furan rings is 1. The molecule has 1 aromatic rings. The van der Waals surface area contributed by atoms with Crippen LogP contribution in [0.5, 0.6) is 0 Å². The SMILES string of the molecule is NC(CCOCC(F)(F)F)c1ccc(Br)o1. The molecule has 1 atom stereocenters. The molecular formula is C9H11BrF3NO2. The Morgan fingerprint density at radius 3 is 2.62 bits per heavy atom. The maximum Gasteiger partial charge on any atom is 0.411 e. The largest absolute Gasteiger partial charge is 0.453 e.